The van der Waals surface area contributed by atoms with E-state index in [9.17, 15) is 18.1 Å². The van der Waals surface area contributed by atoms with Gasteiger partial charge in [-0.15, -0.1) is 0 Å². The van der Waals surface area contributed by atoms with Crippen LogP contribution in [0.4, 0.5) is 8.78 Å². The van der Waals surface area contributed by atoms with Gasteiger partial charge in [0.05, 0.1) is 38.2 Å². The molecule has 2 fully saturated rings. The molecule has 1 spiro atoms. The van der Waals surface area contributed by atoms with Gasteiger partial charge in [0.15, 0.2) is 4.90 Å². The second-order valence-corrected chi connectivity index (χ2v) is 13.7. The van der Waals surface area contributed by atoms with Gasteiger partial charge in [0.1, 0.15) is 22.7 Å². The van der Waals surface area contributed by atoms with Gasteiger partial charge in [-0.25, -0.2) is 13.5 Å². The summed E-state index contributed by atoms with van der Waals surface area (Å²) in [6.45, 7) is 9.90. The number of nitrogens with one attached hydrogen (secondary N) is 1. The first-order valence-electron chi connectivity index (χ1n) is 15.8. The van der Waals surface area contributed by atoms with Crippen LogP contribution < -0.4 is 4.72 Å². The molecule has 2 heterocycles. The molecular formula is C35H44F2N4O3S. The number of halogens is 2. The molecule has 45 heavy (non-hydrogen) atoms. The highest BCUT2D eigenvalue weighted by Crippen LogP contribution is 2.41. The quantitative estimate of drug-likeness (QED) is 0.144. The Hall–Kier alpha value is -3.21. The number of amides is 1. The number of methoxy groups -OCH3 is 1. The number of carbonyl (C=O) groups excluding carboxylic acids is 1. The number of alkyl halides is 2. The second kappa shape index (κ2) is 13.6. The molecular weight excluding hydrogens is 594 g/mol. The van der Waals surface area contributed by atoms with Crippen LogP contribution in [0, 0.1) is 0 Å². The maximum Gasteiger partial charge on any atom is 0.272 e. The van der Waals surface area contributed by atoms with E-state index in [1.54, 1.807) is 18.1 Å². The lowest BCUT2D eigenvalue weighted by Gasteiger charge is -2.39. The number of unbranched alkanes of at least 4 members (excludes halogenated alkanes) is 1. The van der Waals surface area contributed by atoms with E-state index in [0.29, 0.717) is 29.4 Å². The maximum absolute atomic E-state index is 13.9. The summed E-state index contributed by atoms with van der Waals surface area (Å²) >= 11 is -1.65. The van der Waals surface area contributed by atoms with E-state index in [1.807, 2.05) is 55.1 Å². The van der Waals surface area contributed by atoms with Crippen LogP contribution in [-0.2, 0) is 34.0 Å². The molecule has 10 heteroatoms. The predicted octanol–water partition coefficient (Wildman–Crippen LogP) is 7.11. The minimum Gasteiger partial charge on any atom is -0.588 e. The number of benzene rings is 2. The molecule has 2 aromatic carbocycles. The molecule has 2 aliphatic heterocycles. The molecule has 0 bridgehead atoms. The minimum atomic E-state index is -2.70. The van der Waals surface area contributed by atoms with Crippen molar-refractivity contribution < 1.29 is 22.9 Å². The van der Waals surface area contributed by atoms with Gasteiger partial charge in [-0.1, -0.05) is 63.1 Å². The molecule has 1 aliphatic carbocycles. The Morgan fingerprint density at radius 3 is 2.49 bits per heavy atom. The zero-order valence-electron chi connectivity index (χ0n) is 26.8. The number of hydrogen-bond acceptors (Lipinski definition) is 6. The van der Waals surface area contributed by atoms with Gasteiger partial charge in [-0.05, 0) is 61.9 Å². The van der Waals surface area contributed by atoms with E-state index < -0.39 is 22.8 Å². The van der Waals surface area contributed by atoms with Gasteiger partial charge < -0.3 is 9.29 Å². The SMILES string of the molecule is C=C(N[S+]([O-])c1ccccc1-c1ccc(CN2C(=O)C3(CCCC3)N=C2CCCC)cc1CN1CC(F)(F)C1)/C(C)=C(/C)OC. The van der Waals surface area contributed by atoms with Crippen molar-refractivity contribution in [1.82, 2.24) is 14.5 Å². The Morgan fingerprint density at radius 2 is 1.82 bits per heavy atom. The first-order chi connectivity index (χ1) is 21.5. The average Bonchev–Trinajstić information content (AvgIpc) is 3.59. The monoisotopic (exact) mass is 638 g/mol. The lowest BCUT2D eigenvalue weighted by molar-refractivity contribution is -0.134. The Bertz CT molecular complexity index is 1490. The number of rotatable bonds is 13. The van der Waals surface area contributed by atoms with Crippen molar-refractivity contribution in [2.24, 2.45) is 4.99 Å². The van der Waals surface area contributed by atoms with Crippen molar-refractivity contribution in [3.8, 4) is 11.1 Å². The smallest absolute Gasteiger partial charge is 0.272 e. The Balaban J connectivity index is 1.47. The minimum absolute atomic E-state index is 0.0826. The van der Waals surface area contributed by atoms with E-state index in [-0.39, 0.29) is 19.0 Å². The maximum atomic E-state index is 13.9. The molecule has 0 radical (unpaired) electrons. The lowest BCUT2D eigenvalue weighted by atomic mass is 9.95. The predicted molar refractivity (Wildman–Crippen MR) is 175 cm³/mol. The van der Waals surface area contributed by atoms with E-state index in [2.05, 4.69) is 18.2 Å². The third-order valence-electron chi connectivity index (χ3n) is 9.18. The van der Waals surface area contributed by atoms with E-state index in [1.165, 1.54) is 0 Å². The van der Waals surface area contributed by atoms with Crippen LogP contribution in [0.3, 0.4) is 0 Å². The molecule has 7 nitrogen and oxygen atoms in total. The van der Waals surface area contributed by atoms with Crippen molar-refractivity contribution in [2.75, 3.05) is 20.2 Å². The standard InChI is InChI=1S/C35H44F2N4O3S/c1-6-7-14-32-38-34(17-10-11-18-34)33(42)41(32)20-27-15-16-29(28(19-27)21-40-22-35(36,37)23-40)30-12-8-9-13-31(30)45(43)39-25(3)24(2)26(4)44-5/h8-9,12-13,15-16,19,39H,3,6-7,10-11,14,17-18,20-23H2,1-2,4-5H3/b26-24-. The summed E-state index contributed by atoms with van der Waals surface area (Å²) in [7, 11) is 1.57. The molecule has 1 saturated carbocycles. The molecule has 0 aromatic heterocycles. The Morgan fingerprint density at radius 1 is 1.11 bits per heavy atom. The largest absolute Gasteiger partial charge is 0.588 e. The fraction of sp³-hybridized carbons (Fsp3) is 0.486. The van der Waals surface area contributed by atoms with Crippen molar-refractivity contribution in [3.05, 3.63) is 77.2 Å². The molecule has 5 rings (SSSR count). The van der Waals surface area contributed by atoms with E-state index in [0.717, 1.165) is 78.6 Å². The highest BCUT2D eigenvalue weighted by molar-refractivity contribution is 7.89. The first-order valence-corrected chi connectivity index (χ1v) is 16.9. The van der Waals surface area contributed by atoms with Crippen LogP contribution in [-0.4, -0.2) is 57.8 Å². The topological polar surface area (TPSA) is 80.2 Å². The number of nitrogens with zero attached hydrogens (tertiary/aromatic N) is 3. The third kappa shape index (κ3) is 7.13. The summed E-state index contributed by atoms with van der Waals surface area (Å²) in [6.07, 6.45) is 6.33. The van der Waals surface area contributed by atoms with Gasteiger partial charge in [0.25, 0.3) is 11.8 Å². The van der Waals surface area contributed by atoms with Crippen LogP contribution in [0.1, 0.15) is 76.8 Å². The number of allylic oxidation sites excluding steroid dienone is 2. The number of likely N-dealkylation sites (tertiary alicyclic amines) is 1. The van der Waals surface area contributed by atoms with Gasteiger partial charge in [0, 0.05) is 24.1 Å². The lowest BCUT2D eigenvalue weighted by Crippen LogP contribution is -2.55. The van der Waals surface area contributed by atoms with Crippen molar-refractivity contribution in [3.63, 3.8) is 0 Å². The van der Waals surface area contributed by atoms with Crippen LogP contribution in [0.5, 0.6) is 0 Å². The van der Waals surface area contributed by atoms with Crippen LogP contribution in [0.15, 0.2) is 76.0 Å². The third-order valence-corrected chi connectivity index (χ3v) is 10.4. The van der Waals surface area contributed by atoms with Gasteiger partial charge >= 0.3 is 0 Å². The molecule has 1 N–H and O–H groups in total. The van der Waals surface area contributed by atoms with Crippen LogP contribution in [0.2, 0.25) is 0 Å². The fourth-order valence-electron chi connectivity index (χ4n) is 6.44. The van der Waals surface area contributed by atoms with Gasteiger partial charge in [-0.3, -0.25) is 19.6 Å². The second-order valence-electron chi connectivity index (χ2n) is 12.5. The Labute approximate surface area is 268 Å². The van der Waals surface area contributed by atoms with E-state index >= 15 is 0 Å². The molecule has 242 valence electrons. The molecule has 3 aliphatic rings. The summed E-state index contributed by atoms with van der Waals surface area (Å²) in [4.78, 5) is 22.9. The van der Waals surface area contributed by atoms with Crippen molar-refractivity contribution >= 4 is 23.1 Å². The number of hydrogen-bond donors (Lipinski definition) is 1. The summed E-state index contributed by atoms with van der Waals surface area (Å²) in [5.74, 6) is -1.09. The summed E-state index contributed by atoms with van der Waals surface area (Å²) in [5.41, 5.74) is 3.92. The molecule has 1 unspecified atom stereocenters. The number of carbonyl (C=O) groups is 1. The number of amidine groups is 1. The zero-order chi connectivity index (χ0) is 32.4. The van der Waals surface area contributed by atoms with Gasteiger partial charge in [0.2, 0.25) is 0 Å². The summed E-state index contributed by atoms with van der Waals surface area (Å²) in [5, 5.41) is 0. The van der Waals surface area contributed by atoms with Crippen molar-refractivity contribution in [2.45, 2.75) is 95.2 Å². The summed E-state index contributed by atoms with van der Waals surface area (Å²) < 4.78 is 49.7. The first kappa shape index (κ1) is 33.2. The van der Waals surface area contributed by atoms with Gasteiger partial charge in [-0.2, -0.15) is 0 Å². The molecule has 2 aromatic rings. The highest BCUT2D eigenvalue weighted by atomic mass is 32.2. The van der Waals surface area contributed by atoms with Crippen molar-refractivity contribution in [1.29, 1.82) is 0 Å². The normalized spacial score (nSPS) is 20.1. The highest BCUT2D eigenvalue weighted by Gasteiger charge is 2.49. The summed E-state index contributed by atoms with van der Waals surface area (Å²) in [6, 6.07) is 13.3. The molecule has 1 atom stereocenters. The van der Waals surface area contributed by atoms with Crippen LogP contribution in [0.25, 0.3) is 11.1 Å². The fourth-order valence-corrected chi connectivity index (χ4v) is 7.51. The van der Waals surface area contributed by atoms with E-state index in [4.69, 9.17) is 9.73 Å². The zero-order valence-corrected chi connectivity index (χ0v) is 27.6. The average molecular weight is 639 g/mol. The Kier molecular flexibility index (Phi) is 10.1. The van der Waals surface area contributed by atoms with Crippen LogP contribution >= 0.6 is 0 Å². The molecule has 1 saturated heterocycles. The number of aliphatic imine (C=N–C) groups is 1. The molecule has 1 amide bonds. The number of ether oxygens (including phenoxy) is 1.